The molecule has 1 fully saturated rings. The summed E-state index contributed by atoms with van der Waals surface area (Å²) in [6.45, 7) is 5.36. The monoisotopic (exact) mass is 406 g/mol. The zero-order chi connectivity index (χ0) is 20.5. The van der Waals surface area contributed by atoms with Crippen LogP contribution in [-0.4, -0.2) is 53.2 Å². The van der Waals surface area contributed by atoms with E-state index in [1.807, 2.05) is 0 Å². The number of hydrogen-bond acceptors (Lipinski definition) is 7. The van der Waals surface area contributed by atoms with Crippen LogP contribution in [0.25, 0.3) is 0 Å². The Morgan fingerprint density at radius 1 is 1.32 bits per heavy atom. The molecule has 0 bridgehead atoms. The SMILES string of the molecule is CCOC(=O)c1ccc(C(=O)Nc2cc(C)nn2C2CCS(=O)(=O)C2)nc1C. The maximum absolute atomic E-state index is 12.6. The van der Waals surface area contributed by atoms with E-state index in [0.717, 1.165) is 0 Å². The van der Waals surface area contributed by atoms with Crippen LogP contribution in [-0.2, 0) is 14.6 Å². The fraction of sp³-hybridized carbons (Fsp3) is 0.444. The molecule has 1 aliphatic rings. The molecule has 150 valence electrons. The number of nitrogens with one attached hydrogen (secondary N) is 1. The van der Waals surface area contributed by atoms with Gasteiger partial charge in [0.15, 0.2) is 9.84 Å². The van der Waals surface area contributed by atoms with Crippen molar-refractivity contribution in [1.29, 1.82) is 0 Å². The van der Waals surface area contributed by atoms with Crippen LogP contribution in [0.1, 0.15) is 51.6 Å². The van der Waals surface area contributed by atoms with Crippen LogP contribution in [0.5, 0.6) is 0 Å². The maximum atomic E-state index is 12.6. The van der Waals surface area contributed by atoms with Crippen molar-refractivity contribution in [1.82, 2.24) is 14.8 Å². The molecule has 10 heteroatoms. The molecule has 1 aliphatic heterocycles. The maximum Gasteiger partial charge on any atom is 0.339 e. The second-order valence-corrected chi connectivity index (χ2v) is 8.91. The number of aryl methyl sites for hydroxylation is 2. The molecule has 1 amide bonds. The van der Waals surface area contributed by atoms with Gasteiger partial charge in [-0.15, -0.1) is 0 Å². The van der Waals surface area contributed by atoms with Gasteiger partial charge in [-0.1, -0.05) is 0 Å². The molecule has 0 saturated carbocycles. The number of amides is 1. The quantitative estimate of drug-likeness (QED) is 0.750. The Labute approximate surface area is 163 Å². The van der Waals surface area contributed by atoms with Gasteiger partial charge >= 0.3 is 5.97 Å². The fourth-order valence-corrected chi connectivity index (χ4v) is 4.84. The lowest BCUT2D eigenvalue weighted by molar-refractivity contribution is 0.0524. The number of ether oxygens (including phenoxy) is 1. The van der Waals surface area contributed by atoms with Crippen LogP contribution < -0.4 is 5.32 Å². The van der Waals surface area contributed by atoms with Gasteiger partial charge in [0.2, 0.25) is 0 Å². The highest BCUT2D eigenvalue weighted by molar-refractivity contribution is 7.91. The normalized spacial score (nSPS) is 18.0. The topological polar surface area (TPSA) is 120 Å². The van der Waals surface area contributed by atoms with E-state index < -0.39 is 21.7 Å². The average molecular weight is 406 g/mol. The van der Waals surface area contributed by atoms with Crippen molar-refractivity contribution < 1.29 is 22.7 Å². The smallest absolute Gasteiger partial charge is 0.339 e. The number of esters is 1. The van der Waals surface area contributed by atoms with Crippen molar-refractivity contribution in [3.63, 3.8) is 0 Å². The summed E-state index contributed by atoms with van der Waals surface area (Å²) in [6.07, 6.45) is 0.456. The molecule has 1 saturated heterocycles. The fourth-order valence-electron chi connectivity index (χ4n) is 3.15. The third kappa shape index (κ3) is 4.22. The Morgan fingerprint density at radius 2 is 2.07 bits per heavy atom. The Bertz CT molecular complexity index is 1030. The first-order chi connectivity index (χ1) is 13.2. The zero-order valence-corrected chi connectivity index (χ0v) is 16.7. The number of sulfone groups is 1. The van der Waals surface area contributed by atoms with E-state index in [1.54, 1.807) is 31.5 Å². The van der Waals surface area contributed by atoms with Crippen LogP contribution in [0.3, 0.4) is 0 Å². The minimum atomic E-state index is -3.08. The van der Waals surface area contributed by atoms with E-state index in [1.165, 1.54) is 12.1 Å². The highest BCUT2D eigenvalue weighted by Crippen LogP contribution is 2.27. The minimum absolute atomic E-state index is 0.00257. The van der Waals surface area contributed by atoms with E-state index >= 15 is 0 Å². The van der Waals surface area contributed by atoms with Gasteiger partial charge in [0.25, 0.3) is 5.91 Å². The molecule has 3 heterocycles. The van der Waals surface area contributed by atoms with Gasteiger partial charge in [-0.25, -0.2) is 22.9 Å². The second kappa shape index (κ2) is 7.70. The Kier molecular flexibility index (Phi) is 5.50. The summed E-state index contributed by atoms with van der Waals surface area (Å²) in [5.41, 5.74) is 1.49. The Balaban J connectivity index is 1.80. The first-order valence-electron chi connectivity index (χ1n) is 8.93. The van der Waals surface area contributed by atoms with Crippen molar-refractivity contribution in [3.8, 4) is 0 Å². The number of carbonyl (C=O) groups excluding carboxylic acids is 2. The molecule has 0 spiro atoms. The molecule has 0 radical (unpaired) electrons. The van der Waals surface area contributed by atoms with Gasteiger partial charge in [-0.3, -0.25) is 4.79 Å². The van der Waals surface area contributed by atoms with Crippen LogP contribution in [0.2, 0.25) is 0 Å². The standard InChI is InChI=1S/C18H22N4O5S/c1-4-27-18(24)14-5-6-15(19-12(14)3)17(23)20-16-9-11(2)21-22(16)13-7-8-28(25,26)10-13/h5-6,9,13H,4,7-8,10H2,1-3H3,(H,20,23). The largest absolute Gasteiger partial charge is 0.462 e. The number of rotatable bonds is 5. The molecule has 9 nitrogen and oxygen atoms in total. The van der Waals surface area contributed by atoms with Crippen molar-refractivity contribution in [2.75, 3.05) is 23.4 Å². The lowest BCUT2D eigenvalue weighted by Crippen LogP contribution is -2.21. The average Bonchev–Trinajstić information content (AvgIpc) is 3.16. The highest BCUT2D eigenvalue weighted by atomic mass is 32.2. The molecule has 1 N–H and O–H groups in total. The zero-order valence-electron chi connectivity index (χ0n) is 15.9. The molecule has 1 atom stereocenters. The Morgan fingerprint density at radius 3 is 2.68 bits per heavy atom. The molecule has 3 rings (SSSR count). The van der Waals surface area contributed by atoms with E-state index in [4.69, 9.17) is 4.74 Å². The lowest BCUT2D eigenvalue weighted by atomic mass is 10.2. The van der Waals surface area contributed by atoms with Gasteiger partial charge in [-0.05, 0) is 39.3 Å². The lowest BCUT2D eigenvalue weighted by Gasteiger charge is -2.14. The summed E-state index contributed by atoms with van der Waals surface area (Å²) < 4.78 is 30.1. The van der Waals surface area contributed by atoms with Gasteiger partial charge < -0.3 is 10.1 Å². The summed E-state index contributed by atoms with van der Waals surface area (Å²) in [7, 11) is -3.08. The van der Waals surface area contributed by atoms with Gasteiger partial charge in [-0.2, -0.15) is 5.10 Å². The highest BCUT2D eigenvalue weighted by Gasteiger charge is 2.31. The molecular weight excluding hydrogens is 384 g/mol. The number of anilines is 1. The van der Waals surface area contributed by atoms with Gasteiger partial charge in [0.1, 0.15) is 11.5 Å². The molecule has 2 aromatic heterocycles. The molecule has 1 unspecified atom stereocenters. The van der Waals surface area contributed by atoms with E-state index in [9.17, 15) is 18.0 Å². The summed E-state index contributed by atoms with van der Waals surface area (Å²) in [6, 6.07) is 4.32. The van der Waals surface area contributed by atoms with Crippen LogP contribution in [0.4, 0.5) is 5.82 Å². The van der Waals surface area contributed by atoms with Crippen LogP contribution >= 0.6 is 0 Å². The van der Waals surface area contributed by atoms with Crippen molar-refractivity contribution in [3.05, 3.63) is 40.8 Å². The Hall–Kier alpha value is -2.75. The minimum Gasteiger partial charge on any atom is -0.462 e. The van der Waals surface area contributed by atoms with E-state index in [-0.39, 0.29) is 29.8 Å². The number of hydrogen-bond donors (Lipinski definition) is 1. The number of aromatic nitrogens is 3. The number of carbonyl (C=O) groups is 2. The summed E-state index contributed by atoms with van der Waals surface area (Å²) in [5, 5.41) is 7.08. The van der Waals surface area contributed by atoms with Gasteiger partial charge in [0, 0.05) is 6.07 Å². The predicted molar refractivity (Wildman–Crippen MR) is 102 cm³/mol. The van der Waals surface area contributed by atoms with E-state index in [2.05, 4.69) is 15.4 Å². The van der Waals surface area contributed by atoms with Crippen LogP contribution in [0.15, 0.2) is 18.2 Å². The molecular formula is C18H22N4O5S. The number of pyridine rings is 1. The summed E-state index contributed by atoms with van der Waals surface area (Å²) >= 11 is 0. The molecule has 2 aromatic rings. The second-order valence-electron chi connectivity index (χ2n) is 6.68. The first-order valence-corrected chi connectivity index (χ1v) is 10.7. The number of nitrogens with zero attached hydrogens (tertiary/aromatic N) is 3. The summed E-state index contributed by atoms with van der Waals surface area (Å²) in [4.78, 5) is 28.7. The molecule has 0 aromatic carbocycles. The van der Waals surface area contributed by atoms with Crippen molar-refractivity contribution >= 4 is 27.5 Å². The molecule has 28 heavy (non-hydrogen) atoms. The van der Waals surface area contributed by atoms with Gasteiger partial charge in [0.05, 0.1) is 41.1 Å². The van der Waals surface area contributed by atoms with Crippen molar-refractivity contribution in [2.45, 2.75) is 33.2 Å². The van der Waals surface area contributed by atoms with E-state index in [0.29, 0.717) is 29.2 Å². The third-order valence-electron chi connectivity index (χ3n) is 4.47. The molecule has 0 aliphatic carbocycles. The summed E-state index contributed by atoms with van der Waals surface area (Å²) in [5.74, 6) is -0.433. The third-order valence-corrected chi connectivity index (χ3v) is 6.22. The van der Waals surface area contributed by atoms with Crippen molar-refractivity contribution in [2.24, 2.45) is 0 Å². The van der Waals surface area contributed by atoms with Crippen LogP contribution in [0, 0.1) is 13.8 Å². The predicted octanol–water partition coefficient (Wildman–Crippen LogP) is 1.68. The first kappa shape index (κ1) is 20.0.